The van der Waals surface area contributed by atoms with Crippen molar-refractivity contribution in [3.8, 4) is 22.8 Å². The molecule has 0 aliphatic heterocycles. The molecule has 0 saturated carbocycles. The molecular formula is C27H30N4O2S. The number of pyridine rings is 2. The first-order chi connectivity index (χ1) is 16.2. The Morgan fingerprint density at radius 2 is 1.82 bits per heavy atom. The Labute approximate surface area is 204 Å². The summed E-state index contributed by atoms with van der Waals surface area (Å²) < 4.78 is 7.86. The lowest BCUT2D eigenvalue weighted by molar-refractivity contribution is 0.301. The maximum absolute atomic E-state index is 13.5. The molecule has 0 aliphatic carbocycles. The molecule has 4 aromatic heterocycles. The van der Waals surface area contributed by atoms with Crippen LogP contribution in [0.4, 0.5) is 0 Å². The van der Waals surface area contributed by atoms with Gasteiger partial charge in [0.2, 0.25) is 0 Å². The summed E-state index contributed by atoms with van der Waals surface area (Å²) >= 11 is 1.70. The fraction of sp³-hybridized carbons (Fsp3) is 0.333. The number of rotatable bonds is 6. The van der Waals surface area contributed by atoms with Crippen LogP contribution in [-0.4, -0.2) is 19.5 Å². The van der Waals surface area contributed by atoms with Crippen molar-refractivity contribution in [2.24, 2.45) is 0 Å². The van der Waals surface area contributed by atoms with E-state index >= 15 is 0 Å². The Hall–Kier alpha value is -3.32. The van der Waals surface area contributed by atoms with Gasteiger partial charge in [-0.25, -0.2) is 9.97 Å². The van der Waals surface area contributed by atoms with Crippen molar-refractivity contribution in [1.29, 1.82) is 0 Å². The zero-order valence-electron chi connectivity index (χ0n) is 20.8. The first kappa shape index (κ1) is 23.8. The molecule has 0 aliphatic rings. The van der Waals surface area contributed by atoms with Crippen LogP contribution >= 0.6 is 11.3 Å². The lowest BCUT2D eigenvalue weighted by Gasteiger charge is -2.19. The summed E-state index contributed by atoms with van der Waals surface area (Å²) in [6, 6.07) is 5.88. The maximum atomic E-state index is 13.5. The van der Waals surface area contributed by atoms with Crippen molar-refractivity contribution < 1.29 is 4.74 Å². The number of aromatic nitrogens is 4. The minimum absolute atomic E-state index is 0.0981. The van der Waals surface area contributed by atoms with Gasteiger partial charge in [0.1, 0.15) is 18.2 Å². The predicted octanol–water partition coefficient (Wildman–Crippen LogP) is 6.00. The molecule has 0 fully saturated rings. The van der Waals surface area contributed by atoms with Crippen molar-refractivity contribution in [2.45, 2.75) is 61.0 Å². The summed E-state index contributed by atoms with van der Waals surface area (Å²) in [6.07, 6.45) is 3.56. The zero-order chi connectivity index (χ0) is 24.6. The normalized spacial score (nSPS) is 11.3. The van der Waals surface area contributed by atoms with E-state index in [1.807, 2.05) is 46.0 Å². The van der Waals surface area contributed by atoms with Gasteiger partial charge >= 0.3 is 0 Å². The van der Waals surface area contributed by atoms with Crippen LogP contribution in [0.3, 0.4) is 0 Å². The monoisotopic (exact) mass is 474 g/mol. The molecule has 0 spiro atoms. The standard InChI is InChI=1S/C27H30N4O2S/c1-15(2)26-29-12-16(3)24(30-26)23-11-22(8-9-28-23)31-20(7)18(5)25(19(6)27(31)32)33-13-21-10-17(4)34-14-21/h8-12,14-15H,13H2,1-7H3. The number of ether oxygens (including phenoxy) is 1. The third kappa shape index (κ3) is 4.53. The number of hydrogen-bond acceptors (Lipinski definition) is 6. The molecule has 4 aromatic rings. The highest BCUT2D eigenvalue weighted by atomic mass is 32.1. The second kappa shape index (κ2) is 9.50. The predicted molar refractivity (Wildman–Crippen MR) is 137 cm³/mol. The van der Waals surface area contributed by atoms with Gasteiger partial charge in [-0.1, -0.05) is 13.8 Å². The molecule has 176 valence electrons. The van der Waals surface area contributed by atoms with Gasteiger partial charge in [0.25, 0.3) is 5.56 Å². The summed E-state index contributed by atoms with van der Waals surface area (Å²) in [4.78, 5) is 28.5. The van der Waals surface area contributed by atoms with Crippen LogP contribution in [-0.2, 0) is 6.61 Å². The van der Waals surface area contributed by atoms with E-state index in [0.717, 1.165) is 39.6 Å². The molecule has 0 unspecified atom stereocenters. The van der Waals surface area contributed by atoms with Crippen LogP contribution in [0, 0.1) is 34.6 Å². The number of aryl methyl sites for hydroxylation is 2. The number of hydrogen-bond donors (Lipinski definition) is 0. The van der Waals surface area contributed by atoms with Crippen molar-refractivity contribution >= 4 is 11.3 Å². The Kier molecular flexibility index (Phi) is 6.66. The average molecular weight is 475 g/mol. The van der Waals surface area contributed by atoms with E-state index in [2.05, 4.69) is 42.2 Å². The average Bonchev–Trinajstić information content (AvgIpc) is 3.23. The summed E-state index contributed by atoms with van der Waals surface area (Å²) in [5, 5.41) is 2.09. The lowest BCUT2D eigenvalue weighted by atomic mass is 10.1. The minimum Gasteiger partial charge on any atom is -0.488 e. The third-order valence-electron chi connectivity index (χ3n) is 6.00. The minimum atomic E-state index is -0.0981. The van der Waals surface area contributed by atoms with Gasteiger partial charge in [-0.3, -0.25) is 14.3 Å². The summed E-state index contributed by atoms with van der Waals surface area (Å²) in [5.74, 6) is 1.64. The van der Waals surface area contributed by atoms with Crippen molar-refractivity contribution in [1.82, 2.24) is 19.5 Å². The molecule has 0 N–H and O–H groups in total. The van der Waals surface area contributed by atoms with Crippen LogP contribution in [0.5, 0.6) is 5.75 Å². The van der Waals surface area contributed by atoms with E-state index in [-0.39, 0.29) is 11.5 Å². The molecule has 0 aromatic carbocycles. The van der Waals surface area contributed by atoms with Crippen LogP contribution in [0.25, 0.3) is 17.1 Å². The van der Waals surface area contributed by atoms with Crippen LogP contribution in [0.15, 0.2) is 40.8 Å². The molecule has 0 bridgehead atoms. The molecular weight excluding hydrogens is 444 g/mol. The molecule has 0 amide bonds. The van der Waals surface area contributed by atoms with Gasteiger partial charge in [0.05, 0.1) is 22.6 Å². The van der Waals surface area contributed by atoms with Gasteiger partial charge in [-0.2, -0.15) is 0 Å². The van der Waals surface area contributed by atoms with Crippen LogP contribution < -0.4 is 10.3 Å². The highest BCUT2D eigenvalue weighted by molar-refractivity contribution is 7.10. The smallest absolute Gasteiger partial charge is 0.261 e. The van der Waals surface area contributed by atoms with Crippen LogP contribution in [0.1, 0.15) is 58.4 Å². The topological polar surface area (TPSA) is 69.9 Å². The van der Waals surface area contributed by atoms with E-state index in [1.54, 1.807) is 22.1 Å². The molecule has 0 radical (unpaired) electrons. The van der Waals surface area contributed by atoms with E-state index in [4.69, 9.17) is 9.72 Å². The fourth-order valence-corrected chi connectivity index (χ4v) is 4.66. The second-order valence-electron chi connectivity index (χ2n) is 8.97. The van der Waals surface area contributed by atoms with E-state index in [9.17, 15) is 4.79 Å². The molecule has 6 nitrogen and oxygen atoms in total. The van der Waals surface area contributed by atoms with Gasteiger partial charge in [-0.05, 0) is 63.8 Å². The molecule has 4 heterocycles. The third-order valence-corrected chi connectivity index (χ3v) is 6.91. The maximum Gasteiger partial charge on any atom is 0.261 e. The number of thiophene rings is 1. The van der Waals surface area contributed by atoms with Crippen molar-refractivity contribution in [3.05, 3.63) is 85.0 Å². The molecule has 34 heavy (non-hydrogen) atoms. The van der Waals surface area contributed by atoms with Gasteiger partial charge < -0.3 is 4.74 Å². The SMILES string of the molecule is Cc1cc(COc2c(C)c(C)n(-c3ccnc(-c4nc(C(C)C)ncc4C)c3)c(=O)c2C)cs1. The van der Waals surface area contributed by atoms with E-state index in [1.165, 1.54) is 4.88 Å². The lowest BCUT2D eigenvalue weighted by Crippen LogP contribution is -2.25. The van der Waals surface area contributed by atoms with Gasteiger partial charge in [0.15, 0.2) is 0 Å². The second-order valence-corrected chi connectivity index (χ2v) is 10.1. The molecule has 4 rings (SSSR count). The van der Waals surface area contributed by atoms with E-state index < -0.39 is 0 Å². The van der Waals surface area contributed by atoms with E-state index in [0.29, 0.717) is 23.6 Å². The molecule has 0 atom stereocenters. The zero-order valence-corrected chi connectivity index (χ0v) is 21.6. The quantitative estimate of drug-likeness (QED) is 0.343. The van der Waals surface area contributed by atoms with Crippen LogP contribution in [0.2, 0.25) is 0 Å². The molecule has 0 saturated heterocycles. The number of nitrogens with zero attached hydrogens (tertiary/aromatic N) is 4. The van der Waals surface area contributed by atoms with Gasteiger partial charge in [-0.15, -0.1) is 11.3 Å². The van der Waals surface area contributed by atoms with Crippen molar-refractivity contribution in [2.75, 3.05) is 0 Å². The summed E-state index contributed by atoms with van der Waals surface area (Å²) in [6.45, 7) is 14.4. The highest BCUT2D eigenvalue weighted by Crippen LogP contribution is 2.28. The Morgan fingerprint density at radius 1 is 1.06 bits per heavy atom. The highest BCUT2D eigenvalue weighted by Gasteiger charge is 2.18. The Bertz CT molecular complexity index is 1420. The van der Waals surface area contributed by atoms with Gasteiger partial charge in [0, 0.05) is 40.0 Å². The van der Waals surface area contributed by atoms with Crippen molar-refractivity contribution in [3.63, 3.8) is 0 Å². The molecule has 7 heteroatoms. The fourth-order valence-electron chi connectivity index (χ4n) is 3.97. The summed E-state index contributed by atoms with van der Waals surface area (Å²) in [5.41, 5.74) is 6.59. The summed E-state index contributed by atoms with van der Waals surface area (Å²) in [7, 11) is 0. The first-order valence-electron chi connectivity index (χ1n) is 11.4. The Morgan fingerprint density at radius 3 is 2.50 bits per heavy atom. The first-order valence-corrected chi connectivity index (χ1v) is 12.2. The Balaban J connectivity index is 1.76. The largest absolute Gasteiger partial charge is 0.488 e.